The number of para-hydroxylation sites is 1. The maximum atomic E-state index is 13.3. The molecule has 0 aliphatic heterocycles. The third-order valence-corrected chi connectivity index (χ3v) is 4.57. The second kappa shape index (κ2) is 6.63. The average molecular weight is 403 g/mol. The summed E-state index contributed by atoms with van der Waals surface area (Å²) in [4.78, 5) is 10.1. The average Bonchev–Trinajstić information content (AvgIpc) is 2.42. The first-order chi connectivity index (χ1) is 10.7. The molecule has 6 nitrogen and oxygen atoms in total. The Morgan fingerprint density at radius 3 is 2.57 bits per heavy atom. The number of nitrogens with zero attached hydrogens (tertiary/aromatic N) is 1. The monoisotopic (exact) mass is 402 g/mol. The van der Waals surface area contributed by atoms with Gasteiger partial charge in [-0.05, 0) is 35.9 Å². The lowest BCUT2D eigenvalue weighted by Crippen LogP contribution is -2.08. The molecule has 0 amide bonds. The molecule has 0 fully saturated rings. The van der Waals surface area contributed by atoms with Gasteiger partial charge in [-0.3, -0.25) is 10.1 Å². The van der Waals surface area contributed by atoms with Gasteiger partial charge in [0.1, 0.15) is 16.4 Å². The third kappa shape index (κ3) is 4.26. The molecule has 0 unspecified atom stereocenters. The van der Waals surface area contributed by atoms with E-state index in [0.29, 0.717) is 10.0 Å². The number of nitro benzene ring substituents is 1. The second-order valence-electron chi connectivity index (χ2n) is 4.81. The Bertz CT molecular complexity index is 851. The van der Waals surface area contributed by atoms with Crippen LogP contribution in [0, 0.1) is 15.9 Å². The zero-order valence-electron chi connectivity index (χ0n) is 11.9. The van der Waals surface area contributed by atoms with Crippen LogP contribution in [0.2, 0.25) is 0 Å². The zero-order chi connectivity index (χ0) is 17.2. The minimum atomic E-state index is -3.75. The summed E-state index contributed by atoms with van der Waals surface area (Å²) < 4.78 is 37.2. The molecular weight excluding hydrogens is 391 g/mol. The lowest BCUT2D eigenvalue weighted by atomic mass is 10.2. The van der Waals surface area contributed by atoms with Crippen LogP contribution in [0.4, 0.5) is 15.8 Å². The summed E-state index contributed by atoms with van der Waals surface area (Å²) in [5, 5.41) is 14.0. The Kier molecular flexibility index (Phi) is 5.00. The Balaban J connectivity index is 2.38. The highest BCUT2D eigenvalue weighted by molar-refractivity contribution is 9.10. The van der Waals surface area contributed by atoms with Crippen molar-refractivity contribution < 1.29 is 17.7 Å². The van der Waals surface area contributed by atoms with Crippen LogP contribution in [0.1, 0.15) is 5.56 Å². The van der Waals surface area contributed by atoms with Gasteiger partial charge >= 0.3 is 5.69 Å². The number of halogens is 2. The number of nitro groups is 1. The minimum Gasteiger partial charge on any atom is -0.375 e. The van der Waals surface area contributed by atoms with E-state index in [9.17, 15) is 22.9 Å². The summed E-state index contributed by atoms with van der Waals surface area (Å²) in [5.74, 6) is -0.449. The van der Waals surface area contributed by atoms with Crippen molar-refractivity contribution >= 4 is 37.1 Å². The molecule has 0 aliphatic rings. The first-order valence-electron chi connectivity index (χ1n) is 6.35. The molecule has 23 heavy (non-hydrogen) atoms. The fourth-order valence-corrected chi connectivity index (χ4v) is 3.44. The van der Waals surface area contributed by atoms with E-state index in [1.807, 2.05) is 0 Å². The van der Waals surface area contributed by atoms with Crippen molar-refractivity contribution in [1.29, 1.82) is 0 Å². The maximum Gasteiger partial charge on any atom is 0.310 e. The molecule has 0 aromatic heterocycles. The Labute approximate surface area is 140 Å². The molecule has 1 N–H and O–H groups in total. The topological polar surface area (TPSA) is 89.3 Å². The molecule has 0 radical (unpaired) electrons. The molecule has 0 spiro atoms. The van der Waals surface area contributed by atoms with Crippen molar-refractivity contribution in [2.45, 2.75) is 11.4 Å². The van der Waals surface area contributed by atoms with Crippen molar-refractivity contribution in [1.82, 2.24) is 0 Å². The van der Waals surface area contributed by atoms with Gasteiger partial charge in [-0.25, -0.2) is 12.8 Å². The predicted octanol–water partition coefficient (Wildman–Crippen LogP) is 3.51. The van der Waals surface area contributed by atoms with E-state index in [1.54, 1.807) is 6.07 Å². The van der Waals surface area contributed by atoms with Crippen LogP contribution < -0.4 is 5.32 Å². The summed E-state index contributed by atoms with van der Waals surface area (Å²) in [5.41, 5.74) is 0.0831. The predicted molar refractivity (Wildman–Crippen MR) is 87.6 cm³/mol. The van der Waals surface area contributed by atoms with Gasteiger partial charge in [0.2, 0.25) is 0 Å². The zero-order valence-corrected chi connectivity index (χ0v) is 14.3. The van der Waals surface area contributed by atoms with Crippen molar-refractivity contribution in [2.24, 2.45) is 0 Å². The number of nitrogens with one attached hydrogen (secondary N) is 1. The number of sulfone groups is 1. The van der Waals surface area contributed by atoms with E-state index in [0.717, 1.165) is 6.26 Å². The molecule has 0 heterocycles. The number of anilines is 1. The lowest BCUT2D eigenvalue weighted by Gasteiger charge is -2.10. The third-order valence-electron chi connectivity index (χ3n) is 2.99. The highest BCUT2D eigenvalue weighted by Crippen LogP contribution is 2.32. The van der Waals surface area contributed by atoms with E-state index < -0.39 is 26.3 Å². The fourth-order valence-electron chi connectivity index (χ4n) is 2.06. The van der Waals surface area contributed by atoms with Gasteiger partial charge in [0.05, 0.1) is 4.92 Å². The highest BCUT2D eigenvalue weighted by Gasteiger charge is 2.25. The largest absolute Gasteiger partial charge is 0.375 e. The van der Waals surface area contributed by atoms with Crippen LogP contribution in [-0.4, -0.2) is 19.6 Å². The molecular formula is C14H12BrFN2O4S. The maximum absolute atomic E-state index is 13.3. The minimum absolute atomic E-state index is 0.0540. The van der Waals surface area contributed by atoms with Gasteiger partial charge in [0, 0.05) is 17.3 Å². The summed E-state index contributed by atoms with van der Waals surface area (Å²) in [6, 6.07) is 8.22. The van der Waals surface area contributed by atoms with E-state index in [2.05, 4.69) is 21.2 Å². The Morgan fingerprint density at radius 1 is 1.30 bits per heavy atom. The summed E-state index contributed by atoms with van der Waals surface area (Å²) in [7, 11) is -3.75. The van der Waals surface area contributed by atoms with Gasteiger partial charge in [0.15, 0.2) is 9.84 Å². The van der Waals surface area contributed by atoms with Crippen LogP contribution in [-0.2, 0) is 16.4 Å². The number of hydrogen-bond acceptors (Lipinski definition) is 5. The van der Waals surface area contributed by atoms with E-state index in [-0.39, 0.29) is 17.1 Å². The number of hydrogen-bond donors (Lipinski definition) is 1. The summed E-state index contributed by atoms with van der Waals surface area (Å²) in [6.07, 6.45) is 0.906. The van der Waals surface area contributed by atoms with Crippen LogP contribution in [0.3, 0.4) is 0 Å². The molecule has 0 bridgehead atoms. The quantitative estimate of drug-likeness (QED) is 0.610. The molecule has 9 heteroatoms. The van der Waals surface area contributed by atoms with Gasteiger partial charge in [-0.1, -0.05) is 22.0 Å². The van der Waals surface area contributed by atoms with E-state index in [4.69, 9.17) is 0 Å². The van der Waals surface area contributed by atoms with Crippen molar-refractivity contribution in [3.8, 4) is 0 Å². The Hall–Kier alpha value is -2.00. The number of rotatable bonds is 5. The Morgan fingerprint density at radius 2 is 2.00 bits per heavy atom. The molecule has 0 aliphatic carbocycles. The molecule has 0 saturated heterocycles. The van der Waals surface area contributed by atoms with Gasteiger partial charge in [-0.2, -0.15) is 0 Å². The van der Waals surface area contributed by atoms with Gasteiger partial charge < -0.3 is 5.32 Å². The lowest BCUT2D eigenvalue weighted by molar-refractivity contribution is -0.386. The smallest absolute Gasteiger partial charge is 0.310 e. The van der Waals surface area contributed by atoms with Gasteiger partial charge in [-0.15, -0.1) is 0 Å². The van der Waals surface area contributed by atoms with Crippen molar-refractivity contribution in [2.75, 3.05) is 11.6 Å². The molecule has 0 atom stereocenters. The molecule has 0 saturated carbocycles. The normalized spacial score (nSPS) is 11.3. The van der Waals surface area contributed by atoms with Crippen LogP contribution in [0.25, 0.3) is 0 Å². The second-order valence-corrected chi connectivity index (χ2v) is 7.71. The summed E-state index contributed by atoms with van der Waals surface area (Å²) >= 11 is 3.16. The van der Waals surface area contributed by atoms with E-state index in [1.165, 1.54) is 30.3 Å². The van der Waals surface area contributed by atoms with Crippen LogP contribution in [0.15, 0.2) is 45.8 Å². The standard InChI is InChI=1S/C14H12BrFN2O4S/c1-23(21,22)13-4-2-3-12(14(13)18(19)20)17-8-9-5-10(15)7-11(16)6-9/h2-7,17H,8H2,1H3. The molecule has 2 aromatic rings. The first-order valence-corrected chi connectivity index (χ1v) is 9.03. The van der Waals surface area contributed by atoms with Gasteiger partial charge in [0.25, 0.3) is 0 Å². The highest BCUT2D eigenvalue weighted by atomic mass is 79.9. The van der Waals surface area contributed by atoms with Crippen molar-refractivity contribution in [3.63, 3.8) is 0 Å². The molecule has 2 aromatic carbocycles. The number of benzene rings is 2. The van der Waals surface area contributed by atoms with Crippen molar-refractivity contribution in [3.05, 3.63) is 62.4 Å². The first kappa shape index (κ1) is 17.4. The van der Waals surface area contributed by atoms with E-state index >= 15 is 0 Å². The fraction of sp³-hybridized carbons (Fsp3) is 0.143. The van der Waals surface area contributed by atoms with Crippen LogP contribution >= 0.6 is 15.9 Å². The molecule has 122 valence electrons. The van der Waals surface area contributed by atoms with Crippen LogP contribution in [0.5, 0.6) is 0 Å². The SMILES string of the molecule is CS(=O)(=O)c1cccc(NCc2cc(F)cc(Br)c2)c1[N+](=O)[O-]. The molecule has 2 rings (SSSR count). The summed E-state index contributed by atoms with van der Waals surface area (Å²) in [6.45, 7) is 0.102.